The number of hydrogen-bond donors (Lipinski definition) is 2. The van der Waals surface area contributed by atoms with Crippen molar-refractivity contribution >= 4 is 24.8 Å². The minimum atomic E-state index is -0.526. The zero-order valence-corrected chi connectivity index (χ0v) is 14.1. The van der Waals surface area contributed by atoms with E-state index < -0.39 is 5.82 Å². The number of phenolic OH excluding ortho intramolecular Hbond substituents is 1. The summed E-state index contributed by atoms with van der Waals surface area (Å²) in [4.78, 5) is 2.41. The van der Waals surface area contributed by atoms with E-state index in [4.69, 9.17) is 0 Å². The van der Waals surface area contributed by atoms with E-state index in [1.54, 1.807) is 0 Å². The first-order valence-electron chi connectivity index (χ1n) is 7.01. The van der Waals surface area contributed by atoms with Crippen molar-refractivity contribution in [3.05, 3.63) is 29.6 Å². The number of rotatable bonds is 4. The quantitative estimate of drug-likeness (QED) is 0.883. The minimum absolute atomic E-state index is 0. The molecule has 21 heavy (non-hydrogen) atoms. The number of halogens is 3. The van der Waals surface area contributed by atoms with E-state index in [0.29, 0.717) is 5.92 Å². The summed E-state index contributed by atoms with van der Waals surface area (Å²) in [5, 5.41) is 12.7. The number of aromatic hydroxyl groups is 1. The highest BCUT2D eigenvalue weighted by molar-refractivity contribution is 5.85. The van der Waals surface area contributed by atoms with Gasteiger partial charge in [-0.25, -0.2) is 4.39 Å². The van der Waals surface area contributed by atoms with Gasteiger partial charge < -0.3 is 10.4 Å². The fourth-order valence-electron chi connectivity index (χ4n) is 2.67. The summed E-state index contributed by atoms with van der Waals surface area (Å²) in [6.45, 7) is 8.31. The zero-order valence-electron chi connectivity index (χ0n) is 12.5. The molecule has 6 heteroatoms. The number of hydrogen-bond acceptors (Lipinski definition) is 3. The number of phenols is 1. The average Bonchev–Trinajstić information content (AvgIpc) is 2.40. The monoisotopic (exact) mass is 338 g/mol. The molecule has 2 N–H and O–H groups in total. The van der Waals surface area contributed by atoms with Crippen LogP contribution in [-0.4, -0.2) is 36.2 Å². The molecule has 3 nitrogen and oxygen atoms in total. The molecule has 1 aromatic carbocycles. The molecule has 0 unspecified atom stereocenters. The van der Waals surface area contributed by atoms with Gasteiger partial charge >= 0.3 is 0 Å². The Morgan fingerprint density at radius 2 is 1.86 bits per heavy atom. The van der Waals surface area contributed by atoms with Crippen LogP contribution >= 0.6 is 24.8 Å². The fraction of sp³-hybridized carbons (Fsp3) is 0.600. The molecular formula is C15H25Cl2FN2O. The Bertz CT molecular complexity index is 426. The van der Waals surface area contributed by atoms with Crippen molar-refractivity contribution in [3.8, 4) is 5.75 Å². The van der Waals surface area contributed by atoms with Gasteiger partial charge in [0.25, 0.3) is 0 Å². The molecule has 2 rings (SSSR count). The lowest BCUT2D eigenvalue weighted by Crippen LogP contribution is -2.45. The van der Waals surface area contributed by atoms with Crippen LogP contribution in [0.25, 0.3) is 0 Å². The Morgan fingerprint density at radius 3 is 2.38 bits per heavy atom. The third kappa shape index (κ3) is 5.62. The number of piperazine rings is 1. The molecule has 0 aromatic heterocycles. The topological polar surface area (TPSA) is 35.5 Å². The van der Waals surface area contributed by atoms with E-state index in [9.17, 15) is 9.50 Å². The van der Waals surface area contributed by atoms with E-state index >= 15 is 0 Å². The van der Waals surface area contributed by atoms with Gasteiger partial charge in [-0.3, -0.25) is 4.90 Å². The van der Waals surface area contributed by atoms with Crippen molar-refractivity contribution in [2.45, 2.75) is 26.3 Å². The van der Waals surface area contributed by atoms with Gasteiger partial charge in [0.2, 0.25) is 0 Å². The van der Waals surface area contributed by atoms with Gasteiger partial charge in [-0.2, -0.15) is 0 Å². The Balaban J connectivity index is 0.00000200. The molecule has 0 radical (unpaired) electrons. The molecule has 1 aromatic rings. The predicted octanol–water partition coefficient (Wildman–Crippen LogP) is 3.37. The fourth-order valence-corrected chi connectivity index (χ4v) is 2.67. The standard InChI is InChI=1S/C15H23FN2O.2ClH/c1-11(2)9-14(18-7-5-17-6-8-18)12-3-4-15(19)13(16)10-12;;/h3-4,10-11,14,17,19H,5-9H2,1-2H3;2*1H/t14-;;/m0../s1. The van der Waals surface area contributed by atoms with Crippen LogP contribution < -0.4 is 5.32 Å². The molecule has 0 saturated carbocycles. The van der Waals surface area contributed by atoms with Gasteiger partial charge in [-0.15, -0.1) is 24.8 Å². The largest absolute Gasteiger partial charge is 0.505 e. The zero-order chi connectivity index (χ0) is 13.8. The summed E-state index contributed by atoms with van der Waals surface area (Å²) in [6, 6.07) is 5.01. The summed E-state index contributed by atoms with van der Waals surface area (Å²) < 4.78 is 13.6. The third-order valence-electron chi connectivity index (χ3n) is 3.64. The van der Waals surface area contributed by atoms with Crippen LogP contribution in [0.4, 0.5) is 4.39 Å². The summed E-state index contributed by atoms with van der Waals surface area (Å²) in [6.07, 6.45) is 1.00. The maximum Gasteiger partial charge on any atom is 0.165 e. The summed E-state index contributed by atoms with van der Waals surface area (Å²) >= 11 is 0. The normalized spacial score (nSPS) is 17.0. The molecular weight excluding hydrogens is 314 g/mol. The molecule has 1 fully saturated rings. The molecule has 0 amide bonds. The second kappa shape index (κ2) is 9.46. The lowest BCUT2D eigenvalue weighted by molar-refractivity contribution is 0.153. The van der Waals surface area contributed by atoms with Crippen LogP contribution in [0.2, 0.25) is 0 Å². The lowest BCUT2D eigenvalue weighted by atomic mass is 9.95. The van der Waals surface area contributed by atoms with Crippen molar-refractivity contribution < 1.29 is 9.50 Å². The smallest absolute Gasteiger partial charge is 0.165 e. The van der Waals surface area contributed by atoms with Crippen LogP contribution in [0.3, 0.4) is 0 Å². The second-order valence-electron chi connectivity index (χ2n) is 5.64. The van der Waals surface area contributed by atoms with Gasteiger partial charge in [0, 0.05) is 32.2 Å². The highest BCUT2D eigenvalue weighted by Gasteiger charge is 2.23. The van der Waals surface area contributed by atoms with E-state index in [1.165, 1.54) is 12.1 Å². The molecule has 122 valence electrons. The maximum absolute atomic E-state index is 13.6. The predicted molar refractivity (Wildman–Crippen MR) is 89.2 cm³/mol. The molecule has 0 spiro atoms. The maximum atomic E-state index is 13.6. The van der Waals surface area contributed by atoms with Crippen molar-refractivity contribution in [2.24, 2.45) is 5.92 Å². The Labute approximate surface area is 138 Å². The molecule has 0 aliphatic carbocycles. The number of benzene rings is 1. The van der Waals surface area contributed by atoms with Gasteiger partial charge in [-0.1, -0.05) is 19.9 Å². The first kappa shape index (κ1) is 20.5. The highest BCUT2D eigenvalue weighted by atomic mass is 35.5. The van der Waals surface area contributed by atoms with E-state index in [0.717, 1.165) is 38.2 Å². The number of nitrogens with one attached hydrogen (secondary N) is 1. The van der Waals surface area contributed by atoms with Crippen molar-refractivity contribution in [1.82, 2.24) is 10.2 Å². The second-order valence-corrected chi connectivity index (χ2v) is 5.64. The summed E-state index contributed by atoms with van der Waals surface area (Å²) in [5.74, 6) is -0.245. The van der Waals surface area contributed by atoms with E-state index in [1.807, 2.05) is 6.07 Å². The lowest BCUT2D eigenvalue weighted by Gasteiger charge is -2.36. The summed E-state index contributed by atoms with van der Waals surface area (Å²) in [7, 11) is 0. The summed E-state index contributed by atoms with van der Waals surface area (Å²) in [5.41, 5.74) is 0.964. The molecule has 1 aliphatic rings. The van der Waals surface area contributed by atoms with Gasteiger partial charge in [-0.05, 0) is 30.0 Å². The first-order valence-corrected chi connectivity index (χ1v) is 7.01. The van der Waals surface area contributed by atoms with Gasteiger partial charge in [0.05, 0.1) is 0 Å². The van der Waals surface area contributed by atoms with E-state index in [2.05, 4.69) is 24.1 Å². The van der Waals surface area contributed by atoms with Crippen molar-refractivity contribution in [1.29, 1.82) is 0 Å². The molecule has 0 bridgehead atoms. The molecule has 1 saturated heterocycles. The van der Waals surface area contributed by atoms with E-state index in [-0.39, 0.29) is 36.6 Å². The Hall–Kier alpha value is -0.550. The highest BCUT2D eigenvalue weighted by Crippen LogP contribution is 2.30. The van der Waals surface area contributed by atoms with Gasteiger partial charge in [0.15, 0.2) is 11.6 Å². The molecule has 1 heterocycles. The van der Waals surface area contributed by atoms with Crippen LogP contribution in [0.15, 0.2) is 18.2 Å². The van der Waals surface area contributed by atoms with Gasteiger partial charge in [0.1, 0.15) is 0 Å². The SMILES string of the molecule is CC(C)C[C@@H](c1ccc(O)c(F)c1)N1CCNCC1.Cl.Cl. The van der Waals surface area contributed by atoms with Crippen LogP contribution in [-0.2, 0) is 0 Å². The molecule has 1 atom stereocenters. The van der Waals surface area contributed by atoms with Crippen LogP contribution in [0.5, 0.6) is 5.75 Å². The van der Waals surface area contributed by atoms with Crippen molar-refractivity contribution in [3.63, 3.8) is 0 Å². The average molecular weight is 339 g/mol. The van der Waals surface area contributed by atoms with Crippen LogP contribution in [0, 0.1) is 11.7 Å². The Kier molecular flexibility index (Phi) is 9.22. The molecule has 1 aliphatic heterocycles. The Morgan fingerprint density at radius 1 is 1.24 bits per heavy atom. The minimum Gasteiger partial charge on any atom is -0.505 e. The number of nitrogens with zero attached hydrogens (tertiary/aromatic N) is 1. The third-order valence-corrected chi connectivity index (χ3v) is 3.64. The first-order chi connectivity index (χ1) is 9.08. The van der Waals surface area contributed by atoms with Crippen molar-refractivity contribution in [2.75, 3.05) is 26.2 Å². The van der Waals surface area contributed by atoms with Crippen LogP contribution in [0.1, 0.15) is 31.9 Å².